The van der Waals surface area contributed by atoms with Crippen molar-refractivity contribution in [2.75, 3.05) is 6.54 Å². The second kappa shape index (κ2) is 5.68. The smallest absolute Gasteiger partial charge is 0.232 e. The van der Waals surface area contributed by atoms with Crippen LogP contribution in [0.2, 0.25) is 0 Å². The van der Waals surface area contributed by atoms with Gasteiger partial charge in [-0.25, -0.2) is 0 Å². The summed E-state index contributed by atoms with van der Waals surface area (Å²) in [5, 5.41) is 3.92. The van der Waals surface area contributed by atoms with E-state index in [0.29, 0.717) is 24.7 Å². The van der Waals surface area contributed by atoms with E-state index >= 15 is 0 Å². The summed E-state index contributed by atoms with van der Waals surface area (Å²) in [4.78, 5) is 18.5. The molecule has 5 nitrogen and oxygen atoms in total. The number of benzene rings is 1. The fourth-order valence-corrected chi connectivity index (χ4v) is 2.76. The van der Waals surface area contributed by atoms with Crippen LogP contribution in [0.15, 0.2) is 34.9 Å². The lowest BCUT2D eigenvalue weighted by Gasteiger charge is -2.24. The molecule has 0 spiro atoms. The largest absolute Gasteiger partial charge is 0.339 e. The predicted octanol–water partition coefficient (Wildman–Crippen LogP) is 2.71. The fraction of sp³-hybridized carbons (Fsp3) is 0.438. The zero-order chi connectivity index (χ0) is 14.8. The Morgan fingerprint density at radius 2 is 2.14 bits per heavy atom. The number of carbonyl (C=O) groups excluding carboxylic acids is 1. The van der Waals surface area contributed by atoms with Gasteiger partial charge in [-0.3, -0.25) is 4.79 Å². The molecule has 2 heterocycles. The van der Waals surface area contributed by atoms with Crippen LogP contribution >= 0.6 is 0 Å². The maximum absolute atomic E-state index is 12.3. The maximum atomic E-state index is 12.3. The minimum Gasteiger partial charge on any atom is -0.339 e. The lowest BCUT2D eigenvalue weighted by molar-refractivity contribution is -0.129. The van der Waals surface area contributed by atoms with E-state index in [0.717, 1.165) is 12.0 Å². The van der Waals surface area contributed by atoms with E-state index in [1.165, 1.54) is 0 Å². The van der Waals surface area contributed by atoms with Crippen molar-refractivity contribution in [3.8, 4) is 0 Å². The summed E-state index contributed by atoms with van der Waals surface area (Å²) in [6, 6.07) is 10.1. The Morgan fingerprint density at radius 3 is 2.81 bits per heavy atom. The molecule has 1 saturated heterocycles. The fourth-order valence-electron chi connectivity index (χ4n) is 2.76. The zero-order valence-electron chi connectivity index (χ0n) is 12.3. The summed E-state index contributed by atoms with van der Waals surface area (Å²) >= 11 is 0. The van der Waals surface area contributed by atoms with Crippen molar-refractivity contribution in [2.45, 2.75) is 38.6 Å². The quantitative estimate of drug-likeness (QED) is 0.866. The molecule has 1 aliphatic heterocycles. The van der Waals surface area contributed by atoms with Crippen LogP contribution in [0.5, 0.6) is 0 Å². The van der Waals surface area contributed by atoms with Crippen molar-refractivity contribution in [1.29, 1.82) is 0 Å². The number of aromatic nitrogens is 2. The zero-order valence-corrected chi connectivity index (χ0v) is 12.3. The molecule has 2 aromatic rings. The van der Waals surface area contributed by atoms with Crippen molar-refractivity contribution in [1.82, 2.24) is 15.0 Å². The van der Waals surface area contributed by atoms with Gasteiger partial charge >= 0.3 is 0 Å². The molecule has 2 atom stereocenters. The second-order valence-corrected chi connectivity index (χ2v) is 5.44. The van der Waals surface area contributed by atoms with Crippen molar-refractivity contribution in [3.63, 3.8) is 0 Å². The molecule has 0 aliphatic carbocycles. The Labute approximate surface area is 124 Å². The van der Waals surface area contributed by atoms with Gasteiger partial charge in [0.1, 0.15) is 0 Å². The molecule has 5 heteroatoms. The lowest BCUT2D eigenvalue weighted by atomic mass is 10.1. The maximum Gasteiger partial charge on any atom is 0.232 e. The van der Waals surface area contributed by atoms with E-state index in [1.807, 2.05) is 42.2 Å². The third kappa shape index (κ3) is 2.68. The van der Waals surface area contributed by atoms with Gasteiger partial charge in [0.2, 0.25) is 11.8 Å². The summed E-state index contributed by atoms with van der Waals surface area (Å²) in [6.45, 7) is 4.68. The SMILES string of the molecule is CCc1noc(C2CC(=O)N(C(C)c3ccccc3)C2)n1. The van der Waals surface area contributed by atoms with E-state index in [4.69, 9.17) is 4.52 Å². The Morgan fingerprint density at radius 1 is 1.38 bits per heavy atom. The summed E-state index contributed by atoms with van der Waals surface area (Å²) in [6.07, 6.45) is 1.19. The number of rotatable bonds is 4. The van der Waals surface area contributed by atoms with Gasteiger partial charge in [0.15, 0.2) is 5.82 Å². The Hall–Kier alpha value is -2.17. The summed E-state index contributed by atoms with van der Waals surface area (Å²) in [5.41, 5.74) is 1.14. The van der Waals surface area contributed by atoms with E-state index in [9.17, 15) is 4.79 Å². The second-order valence-electron chi connectivity index (χ2n) is 5.44. The number of carbonyl (C=O) groups is 1. The van der Waals surface area contributed by atoms with Crippen LogP contribution in [0.4, 0.5) is 0 Å². The number of hydrogen-bond donors (Lipinski definition) is 0. The molecule has 1 aromatic heterocycles. The van der Waals surface area contributed by atoms with Gasteiger partial charge in [-0.2, -0.15) is 4.98 Å². The summed E-state index contributed by atoms with van der Waals surface area (Å²) < 4.78 is 5.28. The van der Waals surface area contributed by atoms with Gasteiger partial charge in [0.05, 0.1) is 12.0 Å². The lowest BCUT2D eigenvalue weighted by Crippen LogP contribution is -2.28. The highest BCUT2D eigenvalue weighted by molar-refractivity contribution is 5.80. The molecular formula is C16H19N3O2. The first-order chi connectivity index (χ1) is 10.2. The van der Waals surface area contributed by atoms with Crippen LogP contribution in [0, 0.1) is 0 Å². The van der Waals surface area contributed by atoms with Crippen molar-refractivity contribution >= 4 is 5.91 Å². The number of aryl methyl sites for hydroxylation is 1. The molecule has 3 rings (SSSR count). The minimum atomic E-state index is 0.0106. The monoisotopic (exact) mass is 285 g/mol. The third-order valence-corrected chi connectivity index (χ3v) is 4.06. The molecule has 0 radical (unpaired) electrons. The van der Waals surface area contributed by atoms with Gasteiger partial charge in [0.25, 0.3) is 0 Å². The van der Waals surface area contributed by atoms with Gasteiger partial charge in [0, 0.05) is 19.4 Å². The summed E-state index contributed by atoms with van der Waals surface area (Å²) in [5.74, 6) is 1.44. The first-order valence-corrected chi connectivity index (χ1v) is 7.36. The molecule has 1 aromatic carbocycles. The third-order valence-electron chi connectivity index (χ3n) is 4.06. The van der Waals surface area contributed by atoms with Crippen molar-refractivity contribution in [2.24, 2.45) is 0 Å². The molecule has 1 aliphatic rings. The topological polar surface area (TPSA) is 59.2 Å². The van der Waals surface area contributed by atoms with Crippen molar-refractivity contribution < 1.29 is 9.32 Å². The molecule has 2 unspecified atom stereocenters. The average Bonchev–Trinajstić information content (AvgIpc) is 3.13. The molecule has 1 amide bonds. The Bertz CT molecular complexity index is 623. The molecule has 0 bridgehead atoms. The van der Waals surface area contributed by atoms with Gasteiger partial charge in [-0.05, 0) is 12.5 Å². The van der Waals surface area contributed by atoms with E-state index in [2.05, 4.69) is 17.1 Å². The van der Waals surface area contributed by atoms with Crippen LogP contribution in [0.25, 0.3) is 0 Å². The molecule has 21 heavy (non-hydrogen) atoms. The van der Waals surface area contributed by atoms with Crippen LogP contribution in [-0.4, -0.2) is 27.5 Å². The van der Waals surface area contributed by atoms with Crippen LogP contribution in [0.3, 0.4) is 0 Å². The number of likely N-dealkylation sites (tertiary alicyclic amines) is 1. The molecular weight excluding hydrogens is 266 g/mol. The number of amides is 1. The standard InChI is InChI=1S/C16H19N3O2/c1-3-14-17-16(21-18-14)13-9-15(20)19(10-13)11(2)12-7-5-4-6-8-12/h4-8,11,13H,3,9-10H2,1-2H3. The van der Waals surface area contributed by atoms with Crippen LogP contribution in [0.1, 0.15) is 49.5 Å². The average molecular weight is 285 g/mol. The number of nitrogens with zero attached hydrogens (tertiary/aromatic N) is 3. The first kappa shape index (κ1) is 13.8. The summed E-state index contributed by atoms with van der Waals surface area (Å²) in [7, 11) is 0. The van der Waals surface area contributed by atoms with Crippen LogP contribution < -0.4 is 0 Å². The molecule has 1 fully saturated rings. The minimum absolute atomic E-state index is 0.0106. The highest BCUT2D eigenvalue weighted by Gasteiger charge is 2.36. The highest BCUT2D eigenvalue weighted by atomic mass is 16.5. The van der Waals surface area contributed by atoms with Crippen molar-refractivity contribution in [3.05, 3.63) is 47.6 Å². The predicted molar refractivity (Wildman–Crippen MR) is 77.6 cm³/mol. The first-order valence-electron chi connectivity index (χ1n) is 7.36. The van der Waals surface area contributed by atoms with Gasteiger partial charge < -0.3 is 9.42 Å². The normalized spacial score (nSPS) is 20.0. The molecule has 110 valence electrons. The van der Waals surface area contributed by atoms with E-state index in [1.54, 1.807) is 0 Å². The van der Waals surface area contributed by atoms with Gasteiger partial charge in [-0.1, -0.05) is 42.4 Å². The highest BCUT2D eigenvalue weighted by Crippen LogP contribution is 2.33. The van der Waals surface area contributed by atoms with E-state index in [-0.39, 0.29) is 17.9 Å². The molecule has 0 N–H and O–H groups in total. The van der Waals surface area contributed by atoms with Gasteiger partial charge in [-0.15, -0.1) is 0 Å². The number of hydrogen-bond acceptors (Lipinski definition) is 4. The molecule has 0 saturated carbocycles. The Kier molecular flexibility index (Phi) is 3.73. The Balaban J connectivity index is 1.75. The van der Waals surface area contributed by atoms with Crippen LogP contribution in [-0.2, 0) is 11.2 Å². The van der Waals surface area contributed by atoms with E-state index < -0.39 is 0 Å².